The molecule has 7 heteroatoms. The van der Waals surface area contributed by atoms with E-state index in [1.54, 1.807) is 12.3 Å². The van der Waals surface area contributed by atoms with Crippen LogP contribution in [-0.2, 0) is 0 Å². The van der Waals surface area contributed by atoms with Gasteiger partial charge in [-0.05, 0) is 23.8 Å². The van der Waals surface area contributed by atoms with Crippen molar-refractivity contribution in [3.8, 4) is 0 Å². The number of pyridine rings is 1. The van der Waals surface area contributed by atoms with Crippen molar-refractivity contribution in [2.45, 2.75) is 5.25 Å². The van der Waals surface area contributed by atoms with E-state index in [2.05, 4.69) is 20.8 Å². The fourth-order valence-electron chi connectivity index (χ4n) is 3.79. The number of hydrogen-bond donors (Lipinski definition) is 2. The number of amides is 1. The van der Waals surface area contributed by atoms with Crippen molar-refractivity contribution in [2.24, 2.45) is 5.10 Å². The van der Waals surface area contributed by atoms with Gasteiger partial charge in [0.2, 0.25) is 0 Å². The second kappa shape index (κ2) is 9.10. The molecular formula is C26H18ClN4OS. The molecule has 0 saturated carbocycles. The van der Waals surface area contributed by atoms with Crippen molar-refractivity contribution in [3.63, 3.8) is 0 Å². The van der Waals surface area contributed by atoms with Crippen molar-refractivity contribution >= 4 is 52.4 Å². The fourth-order valence-corrected chi connectivity index (χ4v) is 4.57. The van der Waals surface area contributed by atoms with E-state index in [-0.39, 0.29) is 11.1 Å². The standard InChI is InChI=1S/C26H18ClN4OS/c27-25-22(23(30-31-25)16-8-2-1-3-9-16)24(33)19-11-5-6-12-20(19)26(32)29-18-14-17-10-4-7-13-21(17)28-15-18/h1-15,24,33H,(H,29,32). The number of nitrogens with zero attached hydrogens (tertiary/aromatic N) is 3. The van der Waals surface area contributed by atoms with Crippen molar-refractivity contribution in [3.05, 3.63) is 119 Å². The van der Waals surface area contributed by atoms with E-state index in [9.17, 15) is 4.79 Å². The third-order valence-corrected chi connectivity index (χ3v) is 6.20. The maximum absolute atomic E-state index is 13.2. The highest BCUT2D eigenvalue weighted by Crippen LogP contribution is 2.38. The molecule has 1 radical (unpaired) electrons. The van der Waals surface area contributed by atoms with Crippen LogP contribution in [-0.4, -0.2) is 16.6 Å². The van der Waals surface area contributed by atoms with Crippen molar-refractivity contribution < 1.29 is 4.79 Å². The van der Waals surface area contributed by atoms with Gasteiger partial charge in [-0.3, -0.25) is 9.78 Å². The van der Waals surface area contributed by atoms with Crippen LogP contribution in [0.3, 0.4) is 0 Å². The lowest BCUT2D eigenvalue weighted by atomic mass is 9.94. The highest BCUT2D eigenvalue weighted by atomic mass is 35.5. The van der Waals surface area contributed by atoms with E-state index in [1.807, 2.05) is 78.9 Å². The Morgan fingerprint density at radius 1 is 0.939 bits per heavy atom. The average molecular weight is 470 g/mol. The lowest BCUT2D eigenvalue weighted by Gasteiger charge is -2.18. The Morgan fingerprint density at radius 2 is 1.67 bits per heavy atom. The van der Waals surface area contributed by atoms with E-state index in [0.717, 1.165) is 16.5 Å². The molecule has 5 nitrogen and oxygen atoms in total. The van der Waals surface area contributed by atoms with Crippen molar-refractivity contribution in [2.75, 3.05) is 5.32 Å². The molecule has 33 heavy (non-hydrogen) atoms. The lowest BCUT2D eigenvalue weighted by molar-refractivity contribution is 0.102. The van der Waals surface area contributed by atoms with E-state index >= 15 is 0 Å². The third-order valence-electron chi connectivity index (χ3n) is 5.38. The topological polar surface area (TPSA) is 68.5 Å². The summed E-state index contributed by atoms with van der Waals surface area (Å²) >= 11 is 11.3. The van der Waals surface area contributed by atoms with Crippen LogP contribution in [0.1, 0.15) is 26.7 Å². The van der Waals surface area contributed by atoms with Gasteiger partial charge in [-0.1, -0.05) is 78.3 Å². The van der Waals surface area contributed by atoms with Gasteiger partial charge in [-0.2, -0.15) is 12.6 Å². The number of thiol groups is 1. The number of aromatic nitrogens is 1. The molecule has 0 fully saturated rings. The highest BCUT2D eigenvalue weighted by molar-refractivity contribution is 7.80. The zero-order chi connectivity index (χ0) is 22.8. The molecule has 3 aromatic carbocycles. The maximum Gasteiger partial charge on any atom is 0.256 e. The summed E-state index contributed by atoms with van der Waals surface area (Å²) in [6, 6.07) is 26.6. The van der Waals surface area contributed by atoms with Gasteiger partial charge in [0.05, 0.1) is 22.7 Å². The van der Waals surface area contributed by atoms with Crippen LogP contribution < -0.4 is 10.7 Å². The van der Waals surface area contributed by atoms with E-state index in [1.165, 1.54) is 0 Å². The Balaban J connectivity index is 1.46. The number of rotatable bonds is 5. The summed E-state index contributed by atoms with van der Waals surface area (Å²) in [6.45, 7) is 0. The Bertz CT molecular complexity index is 1420. The summed E-state index contributed by atoms with van der Waals surface area (Å²) in [5.41, 5.74) is 8.94. The molecule has 161 valence electrons. The van der Waals surface area contributed by atoms with Gasteiger partial charge in [0.1, 0.15) is 5.71 Å². The number of para-hydroxylation sites is 1. The predicted octanol–water partition coefficient (Wildman–Crippen LogP) is 5.93. The second-order valence-corrected chi connectivity index (χ2v) is 8.35. The Labute approximate surface area is 201 Å². The SMILES string of the molecule is O=C(Nc1cnc2ccccc2c1)c1ccccc1C(S)C1=C(Cl)[N]N=C1c1ccccc1. The number of hydrogen-bond acceptors (Lipinski definition) is 4. The Kier molecular flexibility index (Phi) is 5.86. The van der Waals surface area contributed by atoms with Crippen molar-refractivity contribution in [1.82, 2.24) is 10.4 Å². The molecule has 0 bridgehead atoms. The van der Waals surface area contributed by atoms with Gasteiger partial charge >= 0.3 is 0 Å². The van der Waals surface area contributed by atoms with E-state index < -0.39 is 5.25 Å². The number of benzene rings is 3. The number of halogens is 1. The third kappa shape index (κ3) is 4.23. The van der Waals surface area contributed by atoms with Crippen molar-refractivity contribution in [1.29, 1.82) is 0 Å². The van der Waals surface area contributed by atoms with Gasteiger partial charge in [0, 0.05) is 22.1 Å². The molecule has 1 aliphatic heterocycles. The smallest absolute Gasteiger partial charge is 0.256 e. The van der Waals surface area contributed by atoms with Gasteiger partial charge in [-0.25, -0.2) is 0 Å². The summed E-state index contributed by atoms with van der Waals surface area (Å²) in [5, 5.41) is 7.93. The molecule has 0 saturated heterocycles. The Morgan fingerprint density at radius 3 is 2.52 bits per heavy atom. The van der Waals surface area contributed by atoms with E-state index in [4.69, 9.17) is 24.2 Å². The van der Waals surface area contributed by atoms with Crippen LogP contribution in [0.2, 0.25) is 0 Å². The molecule has 1 atom stereocenters. The molecule has 0 spiro atoms. The molecule has 1 aliphatic rings. The number of carbonyl (C=O) groups excluding carboxylic acids is 1. The first-order chi connectivity index (χ1) is 16.1. The van der Waals surface area contributed by atoms with Gasteiger partial charge in [-0.15, -0.1) is 10.5 Å². The molecule has 1 amide bonds. The molecule has 1 unspecified atom stereocenters. The summed E-state index contributed by atoms with van der Waals surface area (Å²) in [5.74, 6) is -0.258. The minimum Gasteiger partial charge on any atom is -0.321 e. The molecule has 4 aromatic rings. The lowest BCUT2D eigenvalue weighted by Crippen LogP contribution is -2.17. The highest BCUT2D eigenvalue weighted by Gasteiger charge is 2.30. The summed E-state index contributed by atoms with van der Waals surface area (Å²) in [7, 11) is 0. The summed E-state index contributed by atoms with van der Waals surface area (Å²) in [4.78, 5) is 17.7. The first-order valence-electron chi connectivity index (χ1n) is 10.3. The maximum atomic E-state index is 13.2. The van der Waals surface area contributed by atoms with Crippen LogP contribution in [0.15, 0.2) is 107 Å². The van der Waals surface area contributed by atoms with Gasteiger partial charge < -0.3 is 5.32 Å². The van der Waals surface area contributed by atoms with Gasteiger partial charge in [0.15, 0.2) is 5.16 Å². The summed E-state index contributed by atoms with van der Waals surface area (Å²) in [6.07, 6.45) is 1.65. The molecule has 5 rings (SSSR count). The van der Waals surface area contributed by atoms with Crippen LogP contribution in [0, 0.1) is 0 Å². The van der Waals surface area contributed by atoms with Gasteiger partial charge in [0.25, 0.3) is 5.91 Å². The normalized spacial score (nSPS) is 14.1. The number of nitrogens with one attached hydrogen (secondary N) is 1. The monoisotopic (exact) mass is 469 g/mol. The quantitative estimate of drug-likeness (QED) is 0.281. The molecular weight excluding hydrogens is 452 g/mol. The van der Waals surface area contributed by atoms with E-state index in [0.29, 0.717) is 28.1 Å². The first-order valence-corrected chi connectivity index (χ1v) is 11.2. The fraction of sp³-hybridized carbons (Fsp3) is 0.0385. The van der Waals surface area contributed by atoms with Crippen LogP contribution in [0.4, 0.5) is 5.69 Å². The predicted molar refractivity (Wildman–Crippen MR) is 136 cm³/mol. The molecule has 1 aromatic heterocycles. The van der Waals surface area contributed by atoms with Crippen LogP contribution in [0.5, 0.6) is 0 Å². The zero-order valence-electron chi connectivity index (χ0n) is 17.3. The summed E-state index contributed by atoms with van der Waals surface area (Å²) < 4.78 is 0. The number of carbonyl (C=O) groups is 1. The Hall–Kier alpha value is -3.61. The minimum absolute atomic E-state index is 0.258. The molecule has 2 heterocycles. The van der Waals surface area contributed by atoms with Crippen LogP contribution in [0.25, 0.3) is 10.9 Å². The number of anilines is 1. The zero-order valence-corrected chi connectivity index (χ0v) is 19.0. The molecule has 1 N–H and O–H groups in total. The second-order valence-electron chi connectivity index (χ2n) is 7.48. The number of fused-ring (bicyclic) bond motifs is 1. The molecule has 0 aliphatic carbocycles. The minimum atomic E-state index is -0.501. The largest absolute Gasteiger partial charge is 0.321 e. The first kappa shape index (κ1) is 21.2. The average Bonchev–Trinajstić information content (AvgIpc) is 3.25. The van der Waals surface area contributed by atoms with Crippen LogP contribution >= 0.6 is 24.2 Å².